The molecule has 1 aromatic heterocycles. The van der Waals surface area contributed by atoms with Crippen LogP contribution in [-0.2, 0) is 9.47 Å². The molecule has 1 aliphatic rings. The Morgan fingerprint density at radius 2 is 1.43 bits per heavy atom. The first kappa shape index (κ1) is 13.8. The number of ether oxygens (including phenoxy) is 2. The van der Waals surface area contributed by atoms with E-state index < -0.39 is 18.0 Å². The van der Waals surface area contributed by atoms with Gasteiger partial charge in [-0.2, -0.15) is 9.59 Å². The van der Waals surface area contributed by atoms with Crippen LogP contribution in [0.15, 0.2) is 12.1 Å². The van der Waals surface area contributed by atoms with Crippen molar-refractivity contribution in [2.45, 2.75) is 19.6 Å². The Kier molecular flexibility index (Phi) is 2.92. The summed E-state index contributed by atoms with van der Waals surface area (Å²) in [6, 6.07) is 2.67. The topological polar surface area (TPSA) is 96.1 Å². The summed E-state index contributed by atoms with van der Waals surface area (Å²) in [4.78, 5) is 23.9. The minimum absolute atomic E-state index is 0.0469. The van der Waals surface area contributed by atoms with Crippen LogP contribution in [0.4, 0.5) is 9.59 Å². The van der Waals surface area contributed by atoms with Gasteiger partial charge in [0, 0.05) is 18.4 Å². The average Bonchev–Trinajstić information content (AvgIpc) is 2.77. The van der Waals surface area contributed by atoms with E-state index in [1.807, 2.05) is 0 Å². The molecule has 1 aliphatic heterocycles. The molecule has 0 atom stereocenters. The molecule has 0 bridgehead atoms. The second-order valence-corrected chi connectivity index (χ2v) is 6.96. The molecule has 0 unspecified atom stereocenters. The fourth-order valence-electron chi connectivity index (χ4n) is 1.78. The van der Waals surface area contributed by atoms with E-state index in [9.17, 15) is 19.8 Å². The van der Waals surface area contributed by atoms with Crippen LogP contribution in [0.1, 0.15) is 13.8 Å². The quantitative estimate of drug-likeness (QED) is 0.568. The van der Waals surface area contributed by atoms with Gasteiger partial charge in [0.15, 0.2) is 0 Å². The second-order valence-electron chi connectivity index (χ2n) is 4.70. The van der Waals surface area contributed by atoms with Crippen molar-refractivity contribution in [3.63, 3.8) is 0 Å². The van der Waals surface area contributed by atoms with E-state index in [-0.39, 0.29) is 15.5 Å². The van der Waals surface area contributed by atoms with Gasteiger partial charge in [0.2, 0.25) is 0 Å². The zero-order chi connectivity index (χ0) is 15.4. The van der Waals surface area contributed by atoms with Gasteiger partial charge in [-0.25, -0.2) is 0 Å². The van der Waals surface area contributed by atoms with Crippen LogP contribution in [0.2, 0.25) is 0 Å². The van der Waals surface area contributed by atoms with Gasteiger partial charge in [0.05, 0.1) is 9.40 Å². The molecule has 1 aromatic carbocycles. The van der Waals surface area contributed by atoms with E-state index in [2.05, 4.69) is 0 Å². The first-order valence-corrected chi connectivity index (χ1v) is 7.45. The summed E-state index contributed by atoms with van der Waals surface area (Å²) in [5.41, 5.74) is 0. The standard InChI is InChI=1S/C12H9NO6S2/c1-12(2)18-9(16)13(10(17)19-12)11-20-7-5(14)3-4-6(15)8(7)21-11/h3-4H,1-2H3,(H-,14,15)/p+1. The summed E-state index contributed by atoms with van der Waals surface area (Å²) in [6.45, 7) is 2.90. The van der Waals surface area contributed by atoms with Gasteiger partial charge >= 0.3 is 16.2 Å². The van der Waals surface area contributed by atoms with Crippen LogP contribution < -0.4 is 8.56 Å². The van der Waals surface area contributed by atoms with Gasteiger partial charge in [-0.15, -0.1) is 0 Å². The number of phenolic OH excluding ortho intramolecular Hbond substituents is 2. The summed E-state index contributed by atoms with van der Waals surface area (Å²) < 4.78 is 11.7. The van der Waals surface area contributed by atoms with Crippen LogP contribution in [0, 0.1) is 0 Å². The molecular formula is C12H10NO6S2+. The largest absolute Gasteiger partial charge is 0.613 e. The number of aromatic hydroxyl groups is 2. The van der Waals surface area contributed by atoms with E-state index in [1.165, 1.54) is 26.0 Å². The van der Waals surface area contributed by atoms with Crippen molar-refractivity contribution < 1.29 is 29.3 Å². The van der Waals surface area contributed by atoms with Crippen molar-refractivity contribution in [2.24, 2.45) is 0 Å². The van der Waals surface area contributed by atoms with Crippen molar-refractivity contribution in [3.05, 3.63) is 16.1 Å². The lowest BCUT2D eigenvalue weighted by Gasteiger charge is -2.23. The summed E-state index contributed by atoms with van der Waals surface area (Å²) in [5, 5.41) is 19.6. The number of carbonyl (C=O) groups is 2. The normalized spacial score (nSPS) is 17.7. The average molecular weight is 328 g/mol. The van der Waals surface area contributed by atoms with Gasteiger partial charge in [0.1, 0.15) is 11.5 Å². The summed E-state index contributed by atoms with van der Waals surface area (Å²) in [5.74, 6) is -1.42. The number of hydrogen-bond acceptors (Lipinski definition) is 8. The molecule has 0 spiro atoms. The van der Waals surface area contributed by atoms with Gasteiger partial charge in [-0.05, 0) is 12.1 Å². The summed E-state index contributed by atoms with van der Waals surface area (Å²) in [6.07, 6.45) is -1.73. The first-order chi connectivity index (χ1) is 9.78. The Hall–Kier alpha value is -2.13. The predicted octanol–water partition coefficient (Wildman–Crippen LogP) is 2.17. The van der Waals surface area contributed by atoms with Gasteiger partial charge in [0.25, 0.3) is 5.79 Å². The van der Waals surface area contributed by atoms with Gasteiger partial charge < -0.3 is 19.7 Å². The highest BCUT2D eigenvalue weighted by Crippen LogP contribution is 2.36. The van der Waals surface area contributed by atoms with E-state index in [4.69, 9.17) is 9.47 Å². The highest BCUT2D eigenvalue weighted by molar-refractivity contribution is 7.36. The van der Waals surface area contributed by atoms with Crippen molar-refractivity contribution in [2.75, 3.05) is 0 Å². The molecule has 3 rings (SSSR count). The van der Waals surface area contributed by atoms with Crippen molar-refractivity contribution >= 4 is 44.3 Å². The molecule has 2 amide bonds. The molecule has 2 aromatic rings. The van der Waals surface area contributed by atoms with Gasteiger partial charge in [-0.3, -0.25) is 0 Å². The monoisotopic (exact) mass is 328 g/mol. The molecule has 0 saturated carbocycles. The SMILES string of the molecule is CC1(C)OC(=O)[N+](=c2sc3c(O)ccc(O)c3s2)C(=O)O1. The van der Waals surface area contributed by atoms with Crippen molar-refractivity contribution in [1.29, 1.82) is 0 Å². The molecular weight excluding hydrogens is 318 g/mol. The second kappa shape index (κ2) is 4.43. The first-order valence-electron chi connectivity index (χ1n) is 5.82. The van der Waals surface area contributed by atoms with Gasteiger partial charge in [-0.1, -0.05) is 22.7 Å². The highest BCUT2D eigenvalue weighted by Gasteiger charge is 2.48. The van der Waals surface area contributed by atoms with Crippen LogP contribution in [0.25, 0.3) is 9.40 Å². The van der Waals surface area contributed by atoms with Crippen molar-refractivity contribution in [3.8, 4) is 11.5 Å². The lowest BCUT2D eigenvalue weighted by Crippen LogP contribution is -2.52. The number of carbonyl (C=O) groups excluding carboxylic acids is 2. The molecule has 7 nitrogen and oxygen atoms in total. The summed E-state index contributed by atoms with van der Waals surface area (Å²) >= 11 is 1.97. The Morgan fingerprint density at radius 1 is 1.00 bits per heavy atom. The molecule has 2 N–H and O–H groups in total. The van der Waals surface area contributed by atoms with E-state index in [0.717, 1.165) is 27.2 Å². The number of nitrogens with zero attached hydrogens (tertiary/aromatic N) is 1. The maximum Gasteiger partial charge on any atom is 0.613 e. The smallest absolute Gasteiger partial charge is 0.506 e. The third-order valence-corrected chi connectivity index (χ3v) is 5.24. The Labute approximate surface area is 125 Å². The highest BCUT2D eigenvalue weighted by atomic mass is 32.2. The predicted molar refractivity (Wildman–Crippen MR) is 75.3 cm³/mol. The number of phenols is 2. The number of rotatable bonds is 0. The zero-order valence-corrected chi connectivity index (χ0v) is 12.6. The van der Waals surface area contributed by atoms with Crippen LogP contribution in [0.3, 0.4) is 0 Å². The van der Waals surface area contributed by atoms with Crippen LogP contribution >= 0.6 is 22.7 Å². The minimum atomic E-state index is -1.32. The lowest BCUT2D eigenvalue weighted by atomic mass is 10.3. The summed E-state index contributed by atoms with van der Waals surface area (Å²) in [7, 11) is 0. The Morgan fingerprint density at radius 3 is 1.86 bits per heavy atom. The molecule has 9 heteroatoms. The number of imide groups is 1. The zero-order valence-electron chi connectivity index (χ0n) is 10.9. The number of cyclic esters (lactones) is 2. The minimum Gasteiger partial charge on any atom is -0.506 e. The number of amides is 2. The molecule has 1 saturated heterocycles. The number of fused-ring (bicyclic) bond motifs is 1. The third-order valence-electron chi connectivity index (χ3n) is 2.66. The molecule has 21 heavy (non-hydrogen) atoms. The van der Waals surface area contributed by atoms with E-state index in [1.54, 1.807) is 0 Å². The van der Waals surface area contributed by atoms with Crippen molar-refractivity contribution in [1.82, 2.24) is 4.58 Å². The third kappa shape index (κ3) is 2.24. The lowest BCUT2D eigenvalue weighted by molar-refractivity contribution is -0.153. The Balaban J connectivity index is 2.28. The molecule has 110 valence electrons. The number of benzene rings is 1. The van der Waals surface area contributed by atoms with Crippen LogP contribution in [0.5, 0.6) is 11.5 Å². The number of hydrogen-bond donors (Lipinski definition) is 2. The fraction of sp³-hybridized carbons (Fsp3) is 0.250. The van der Waals surface area contributed by atoms with E-state index in [0.29, 0.717) is 9.40 Å². The molecule has 1 fully saturated rings. The van der Waals surface area contributed by atoms with Crippen LogP contribution in [-0.4, -0.2) is 28.2 Å². The maximum absolute atomic E-state index is 12.0. The molecule has 0 radical (unpaired) electrons. The van der Waals surface area contributed by atoms with E-state index >= 15 is 0 Å². The maximum atomic E-state index is 12.0. The Bertz CT molecular complexity index is 783. The fourth-order valence-corrected chi connectivity index (χ4v) is 4.27. The molecule has 0 aliphatic carbocycles. The molecule has 2 heterocycles.